The number of carboxylic acid groups (broad SMARTS) is 1. The van der Waals surface area contributed by atoms with E-state index in [1.807, 2.05) is 6.92 Å². The SMILES string of the molecule is CC1NCCO[C@@H]1c1ccc2c(-c3nc(N[C@@H]4CCC45CN(C(=O)O)C5)ncc3C(F)(F)F)c[nH]c2n1. The molecule has 3 fully saturated rings. The van der Waals surface area contributed by atoms with Gasteiger partial charge in [-0.05, 0) is 31.9 Å². The minimum atomic E-state index is -4.66. The molecule has 0 radical (unpaired) electrons. The summed E-state index contributed by atoms with van der Waals surface area (Å²) in [7, 11) is 0. The molecule has 3 aromatic rings. The first kappa shape index (κ1) is 23.9. The molecular formula is C24H26F3N7O3. The van der Waals surface area contributed by atoms with Crippen LogP contribution in [0.5, 0.6) is 0 Å². The Morgan fingerprint density at radius 2 is 2.11 bits per heavy atom. The van der Waals surface area contributed by atoms with Gasteiger partial charge in [-0.2, -0.15) is 13.2 Å². The number of alkyl halides is 3. The first-order valence-corrected chi connectivity index (χ1v) is 12.2. The third kappa shape index (κ3) is 4.06. The molecule has 1 aliphatic carbocycles. The second kappa shape index (κ2) is 8.55. The van der Waals surface area contributed by atoms with Crippen molar-refractivity contribution >= 4 is 23.1 Å². The Morgan fingerprint density at radius 3 is 2.78 bits per heavy atom. The zero-order valence-corrected chi connectivity index (χ0v) is 20.0. The normalized spacial score (nSPS) is 25.1. The van der Waals surface area contributed by atoms with E-state index < -0.39 is 17.8 Å². The van der Waals surface area contributed by atoms with Crippen LogP contribution in [0.3, 0.4) is 0 Å². The van der Waals surface area contributed by atoms with Crippen molar-refractivity contribution in [2.24, 2.45) is 5.41 Å². The first-order chi connectivity index (χ1) is 17.6. The molecule has 0 bridgehead atoms. The van der Waals surface area contributed by atoms with Gasteiger partial charge in [0.1, 0.15) is 17.3 Å². The molecule has 2 aliphatic heterocycles. The Kier molecular flexibility index (Phi) is 5.53. The third-order valence-corrected chi connectivity index (χ3v) is 7.78. The van der Waals surface area contributed by atoms with Gasteiger partial charge in [-0.1, -0.05) is 0 Å². The average molecular weight is 518 g/mol. The Labute approximate surface area is 209 Å². The van der Waals surface area contributed by atoms with E-state index in [1.165, 1.54) is 11.1 Å². The summed E-state index contributed by atoms with van der Waals surface area (Å²) < 4.78 is 47.7. The highest BCUT2D eigenvalue weighted by atomic mass is 19.4. The quantitative estimate of drug-likeness (QED) is 0.413. The van der Waals surface area contributed by atoms with E-state index >= 15 is 0 Å². The lowest BCUT2D eigenvalue weighted by atomic mass is 9.59. The monoisotopic (exact) mass is 517 g/mol. The standard InChI is InChI=1S/C24H26F3N7O3/c1-12-19(37-7-6-28-12)16-3-2-13-14(8-29-20(13)31-16)18-15(24(25,26)27)9-30-21(33-18)32-17-4-5-23(17)10-34(11-23)22(35)36/h2-3,8-9,12,17,19,28H,4-7,10-11H2,1H3,(H,29,31)(H,35,36)(H,30,32,33)/t12?,17-,19+/m1/s1. The number of anilines is 1. The number of halogens is 3. The summed E-state index contributed by atoms with van der Waals surface area (Å²) in [4.78, 5) is 28.4. The van der Waals surface area contributed by atoms with Gasteiger partial charge in [-0.3, -0.25) is 0 Å². The number of carbonyl (C=O) groups is 1. The van der Waals surface area contributed by atoms with Crippen molar-refractivity contribution in [3.63, 3.8) is 0 Å². The van der Waals surface area contributed by atoms with Crippen molar-refractivity contribution in [2.45, 2.75) is 44.1 Å². The highest BCUT2D eigenvalue weighted by Gasteiger charge is 2.56. The molecule has 10 nitrogen and oxygen atoms in total. The zero-order chi connectivity index (χ0) is 25.9. The van der Waals surface area contributed by atoms with Crippen LogP contribution in [-0.4, -0.2) is 74.4 Å². The van der Waals surface area contributed by atoms with Gasteiger partial charge in [0.15, 0.2) is 0 Å². The van der Waals surface area contributed by atoms with Crippen LogP contribution < -0.4 is 10.6 Å². The van der Waals surface area contributed by atoms with E-state index in [1.54, 1.807) is 12.1 Å². The summed E-state index contributed by atoms with van der Waals surface area (Å²) in [5, 5.41) is 16.2. The lowest BCUT2D eigenvalue weighted by molar-refractivity contribution is -0.137. The molecule has 1 amide bonds. The van der Waals surface area contributed by atoms with Gasteiger partial charge < -0.3 is 30.4 Å². The number of aromatic nitrogens is 4. The average Bonchev–Trinajstić information content (AvgIpc) is 3.23. The summed E-state index contributed by atoms with van der Waals surface area (Å²) in [6.45, 7) is 4.07. The van der Waals surface area contributed by atoms with Crippen LogP contribution in [0.25, 0.3) is 22.3 Å². The molecule has 3 aliphatic rings. The van der Waals surface area contributed by atoms with Crippen LogP contribution >= 0.6 is 0 Å². The molecule has 13 heteroatoms. The van der Waals surface area contributed by atoms with Gasteiger partial charge in [-0.25, -0.2) is 19.7 Å². The van der Waals surface area contributed by atoms with Crippen molar-refractivity contribution < 1.29 is 27.8 Å². The van der Waals surface area contributed by atoms with Gasteiger partial charge in [0.05, 0.1) is 18.0 Å². The molecule has 4 N–H and O–H groups in total. The molecular weight excluding hydrogens is 491 g/mol. The van der Waals surface area contributed by atoms with Crippen LogP contribution in [0.4, 0.5) is 23.9 Å². The van der Waals surface area contributed by atoms with Crippen LogP contribution in [0.2, 0.25) is 0 Å². The molecule has 37 heavy (non-hydrogen) atoms. The van der Waals surface area contributed by atoms with E-state index in [9.17, 15) is 18.0 Å². The van der Waals surface area contributed by atoms with E-state index in [0.29, 0.717) is 36.4 Å². The Balaban J connectivity index is 1.32. The van der Waals surface area contributed by atoms with Crippen molar-refractivity contribution in [1.29, 1.82) is 0 Å². The predicted octanol–water partition coefficient (Wildman–Crippen LogP) is 3.64. The van der Waals surface area contributed by atoms with Gasteiger partial charge in [-0.15, -0.1) is 0 Å². The lowest BCUT2D eigenvalue weighted by Gasteiger charge is -2.59. The first-order valence-electron chi connectivity index (χ1n) is 12.2. The van der Waals surface area contributed by atoms with Gasteiger partial charge in [0.25, 0.3) is 0 Å². The lowest BCUT2D eigenvalue weighted by Crippen LogP contribution is -2.69. The number of hydrogen-bond donors (Lipinski definition) is 4. The molecule has 5 heterocycles. The number of H-pyrrole nitrogens is 1. The van der Waals surface area contributed by atoms with E-state index in [4.69, 9.17) is 9.84 Å². The van der Waals surface area contributed by atoms with Crippen LogP contribution in [0.1, 0.15) is 37.1 Å². The summed E-state index contributed by atoms with van der Waals surface area (Å²) in [5.74, 6) is 0.0790. The predicted molar refractivity (Wildman–Crippen MR) is 127 cm³/mol. The molecule has 196 valence electrons. The molecule has 1 saturated carbocycles. The number of rotatable bonds is 4. The summed E-state index contributed by atoms with van der Waals surface area (Å²) in [6, 6.07) is 3.45. The Bertz CT molecular complexity index is 1360. The van der Waals surface area contributed by atoms with E-state index in [0.717, 1.165) is 25.6 Å². The Morgan fingerprint density at radius 1 is 1.30 bits per heavy atom. The van der Waals surface area contributed by atoms with Gasteiger partial charge in [0, 0.05) is 60.5 Å². The molecule has 6 rings (SSSR count). The number of nitrogens with one attached hydrogen (secondary N) is 3. The molecule has 1 unspecified atom stereocenters. The number of nitrogens with zero attached hydrogens (tertiary/aromatic N) is 4. The van der Waals surface area contributed by atoms with Gasteiger partial charge in [0.2, 0.25) is 5.95 Å². The second-order valence-electron chi connectivity index (χ2n) is 10.1. The minimum Gasteiger partial charge on any atom is -0.465 e. The number of aromatic amines is 1. The van der Waals surface area contributed by atoms with Crippen LogP contribution in [0.15, 0.2) is 24.5 Å². The fourth-order valence-electron chi connectivity index (χ4n) is 5.61. The topological polar surface area (TPSA) is 128 Å². The second-order valence-corrected chi connectivity index (χ2v) is 10.1. The minimum absolute atomic E-state index is 0.0495. The summed E-state index contributed by atoms with van der Waals surface area (Å²) in [5.41, 5.74) is -0.0149. The van der Waals surface area contributed by atoms with Crippen molar-refractivity contribution in [1.82, 2.24) is 30.2 Å². The maximum Gasteiger partial charge on any atom is 0.419 e. The van der Waals surface area contributed by atoms with E-state index in [-0.39, 0.29) is 40.8 Å². The van der Waals surface area contributed by atoms with Crippen LogP contribution in [0, 0.1) is 5.41 Å². The smallest absolute Gasteiger partial charge is 0.419 e. The zero-order valence-electron chi connectivity index (χ0n) is 20.0. The highest BCUT2D eigenvalue weighted by Crippen LogP contribution is 2.49. The van der Waals surface area contributed by atoms with E-state index in [2.05, 4.69) is 30.6 Å². The highest BCUT2D eigenvalue weighted by molar-refractivity contribution is 5.93. The largest absolute Gasteiger partial charge is 0.465 e. The molecule has 3 atom stereocenters. The Hall–Kier alpha value is -3.45. The van der Waals surface area contributed by atoms with Crippen molar-refractivity contribution in [3.8, 4) is 11.3 Å². The number of hydrogen-bond acceptors (Lipinski definition) is 7. The number of fused-ring (bicyclic) bond motifs is 1. The third-order valence-electron chi connectivity index (χ3n) is 7.78. The van der Waals surface area contributed by atoms with Crippen LogP contribution in [-0.2, 0) is 10.9 Å². The number of morpholine rings is 1. The van der Waals surface area contributed by atoms with Crippen molar-refractivity contribution in [3.05, 3.63) is 35.8 Å². The maximum absolute atomic E-state index is 14.0. The van der Waals surface area contributed by atoms with Gasteiger partial charge >= 0.3 is 12.3 Å². The molecule has 3 aromatic heterocycles. The number of likely N-dealkylation sites (tertiary alicyclic amines) is 1. The number of ether oxygens (including phenoxy) is 1. The molecule has 0 aromatic carbocycles. The fraction of sp³-hybridized carbons (Fsp3) is 0.500. The molecule has 2 saturated heterocycles. The molecule has 1 spiro atoms. The van der Waals surface area contributed by atoms with Crippen molar-refractivity contribution in [2.75, 3.05) is 31.6 Å². The summed E-state index contributed by atoms with van der Waals surface area (Å²) >= 11 is 0. The fourth-order valence-corrected chi connectivity index (χ4v) is 5.61. The maximum atomic E-state index is 14.0. The summed E-state index contributed by atoms with van der Waals surface area (Å²) in [6.07, 6.45) is -2.00. The number of amides is 1. The number of pyridine rings is 1.